The number of rotatable bonds is 38. The highest BCUT2D eigenvalue weighted by Gasteiger charge is 2.36. The van der Waals surface area contributed by atoms with E-state index in [-0.39, 0.29) is 0 Å². The highest BCUT2D eigenvalue weighted by molar-refractivity contribution is 6.93. The van der Waals surface area contributed by atoms with E-state index in [0.717, 1.165) is 169 Å². The Hall–Kier alpha value is -4.33. The first kappa shape index (κ1) is 55.3. The van der Waals surface area contributed by atoms with Gasteiger partial charge in [0.2, 0.25) is 0 Å². The van der Waals surface area contributed by atoms with Crippen molar-refractivity contribution < 1.29 is 42.0 Å². The van der Waals surface area contributed by atoms with Gasteiger partial charge in [0, 0.05) is 45.0 Å². The monoisotopic (exact) mass is 957 g/mol. The average Bonchev–Trinajstić information content (AvgIpc) is 3.34. The quantitative estimate of drug-likeness (QED) is 0.0322. The zero-order valence-corrected chi connectivity index (χ0v) is 44.6. The molecule has 0 N–H and O–H groups in total. The summed E-state index contributed by atoms with van der Waals surface area (Å²) in [6.07, 6.45) is 15.8. The van der Waals surface area contributed by atoms with E-state index in [1.54, 1.807) is 0 Å². The van der Waals surface area contributed by atoms with Gasteiger partial charge in [-0.05, 0) is 75.6 Å². The van der Waals surface area contributed by atoms with Gasteiger partial charge >= 0.3 is 0 Å². The maximum Gasteiger partial charge on any atom is 0.280 e. The van der Waals surface area contributed by atoms with Crippen LogP contribution in [0.5, 0.6) is 46.0 Å². The van der Waals surface area contributed by atoms with Crippen molar-refractivity contribution in [1.29, 1.82) is 0 Å². The molecular weight excluding hydrogens is 873 g/mol. The lowest BCUT2D eigenvalue weighted by Gasteiger charge is -2.29. The summed E-state index contributed by atoms with van der Waals surface area (Å²) in [5, 5.41) is 3.92. The summed E-state index contributed by atoms with van der Waals surface area (Å²) in [6, 6.07) is 25.2. The highest BCUT2D eigenvalue weighted by Crippen LogP contribution is 2.28. The van der Waals surface area contributed by atoms with E-state index in [2.05, 4.69) is 128 Å². The van der Waals surface area contributed by atoms with Crippen molar-refractivity contribution in [3.63, 3.8) is 0 Å². The van der Waals surface area contributed by atoms with Gasteiger partial charge in [-0.1, -0.05) is 131 Å². The molecule has 0 aliphatic carbocycles. The van der Waals surface area contributed by atoms with E-state index in [0.29, 0.717) is 52.9 Å². The molecule has 0 spiro atoms. The zero-order chi connectivity index (χ0) is 47.9. The van der Waals surface area contributed by atoms with Gasteiger partial charge in [-0.15, -0.1) is 0 Å². The molecule has 0 amide bonds. The van der Waals surface area contributed by atoms with Crippen molar-refractivity contribution in [1.82, 2.24) is 0 Å². The van der Waals surface area contributed by atoms with Crippen LogP contribution in [0.15, 0.2) is 72.8 Å². The van der Waals surface area contributed by atoms with Crippen molar-refractivity contribution in [2.75, 3.05) is 52.9 Å². The second-order valence-corrected chi connectivity index (χ2v) is 21.3. The third kappa shape index (κ3) is 18.9. The number of ether oxygens (including phenoxy) is 8. The normalized spacial score (nSPS) is 11.3. The first-order valence-corrected chi connectivity index (χ1v) is 28.8. The van der Waals surface area contributed by atoms with Crippen LogP contribution in [0.1, 0.15) is 158 Å². The number of hydrogen-bond donors (Lipinski definition) is 0. The predicted molar refractivity (Wildman–Crippen MR) is 280 cm³/mol. The number of hydrogen-bond acceptors (Lipinski definition) is 9. The lowest BCUT2D eigenvalue weighted by Crippen LogP contribution is -2.57. The van der Waals surface area contributed by atoms with Gasteiger partial charge in [-0.3, -0.25) is 0 Å². The van der Waals surface area contributed by atoms with Crippen LogP contribution >= 0.6 is 0 Å². The number of unbranched alkanes of at least 4 members (excludes halogenated alkanes) is 8. The molecule has 0 heterocycles. The minimum atomic E-state index is -2.23. The van der Waals surface area contributed by atoms with Crippen LogP contribution in [-0.4, -0.2) is 70.9 Å². The molecule has 67 heavy (non-hydrogen) atoms. The highest BCUT2D eigenvalue weighted by atomic mass is 28.4. The molecule has 0 bridgehead atoms. The molecule has 11 heteroatoms. The fraction of sp³-hybridized carbons (Fsp3) is 0.571. The first-order chi connectivity index (χ1) is 32.9. The van der Waals surface area contributed by atoms with Gasteiger partial charge < -0.3 is 42.0 Å². The van der Waals surface area contributed by atoms with Crippen molar-refractivity contribution >= 4 is 38.8 Å². The fourth-order valence-electron chi connectivity index (χ4n) is 6.85. The lowest BCUT2D eigenvalue weighted by molar-refractivity contribution is 0.295. The molecule has 0 fully saturated rings. The van der Waals surface area contributed by atoms with Crippen molar-refractivity contribution in [2.24, 2.45) is 0 Å². The topological polar surface area (TPSA) is 83.1 Å². The molecule has 0 aliphatic rings. The Morgan fingerprint density at radius 1 is 0.269 bits per heavy atom. The summed E-state index contributed by atoms with van der Waals surface area (Å²) in [7, 11) is -4.47. The second kappa shape index (κ2) is 33.2. The van der Waals surface area contributed by atoms with E-state index in [4.69, 9.17) is 42.0 Å². The Morgan fingerprint density at radius 2 is 0.463 bits per heavy atom. The third-order valence-corrected chi connectivity index (χ3v) is 16.3. The van der Waals surface area contributed by atoms with E-state index in [1.807, 2.05) is 0 Å². The Labute approximate surface area is 409 Å². The molecule has 0 aromatic heterocycles. The van der Waals surface area contributed by atoms with E-state index in [9.17, 15) is 0 Å². The SMILES string of the molecule is CCCCOc1ccc([Si](O[Si](c2ccc(OCCCC)cc2OCCCC)c2ccc(OCCCC)cc2OCCCC)c2ccc(OCCCC)cc2OCCCC)c(OCCCC)c1. The first-order valence-electron chi connectivity index (χ1n) is 26.0. The van der Waals surface area contributed by atoms with Gasteiger partial charge in [-0.25, -0.2) is 0 Å². The van der Waals surface area contributed by atoms with Gasteiger partial charge in [0.05, 0.1) is 52.9 Å². The fourth-order valence-corrected chi connectivity index (χ4v) is 12.4. The Balaban J connectivity index is 2.07. The average molecular weight is 957 g/mol. The van der Waals surface area contributed by atoms with E-state index >= 15 is 0 Å². The second-order valence-electron chi connectivity index (χ2n) is 17.0. The summed E-state index contributed by atoms with van der Waals surface area (Å²) in [5.74, 6) is 6.18. The van der Waals surface area contributed by atoms with Crippen LogP contribution in [-0.2, 0) is 4.12 Å². The molecule has 4 aromatic rings. The Morgan fingerprint density at radius 3 is 0.657 bits per heavy atom. The summed E-state index contributed by atoms with van der Waals surface area (Å²) in [4.78, 5) is 0. The Bertz CT molecular complexity index is 1670. The van der Waals surface area contributed by atoms with Crippen LogP contribution in [0, 0.1) is 0 Å². The molecule has 0 unspecified atom stereocenters. The lowest BCUT2D eigenvalue weighted by atomic mass is 10.3. The molecule has 2 radical (unpaired) electrons. The molecular formula is C56H84O9Si2. The maximum absolute atomic E-state index is 8.06. The van der Waals surface area contributed by atoms with Gasteiger partial charge in [0.1, 0.15) is 46.0 Å². The third-order valence-electron chi connectivity index (χ3n) is 11.1. The standard InChI is InChI=1S/C56H84O9Si2/c1-9-17-33-57-45-25-29-53(49(41-45)61-37-21-13-5)66(54-30-26-46(58-34-18-10-2)42-50(54)62-38-22-14-6)65-67(55-31-27-47(59-35-19-11-3)43-51(55)63-39-23-15-7)56-32-28-48(60-36-20-12-4)44-52(56)64-40-24-16-8/h25-32,41-44H,9-24,33-40H2,1-8H3. The molecule has 0 saturated carbocycles. The molecule has 9 nitrogen and oxygen atoms in total. The Kier molecular flexibility index (Phi) is 27.4. The summed E-state index contributed by atoms with van der Waals surface area (Å²) in [6.45, 7) is 22.3. The minimum absolute atomic E-state index is 0.572. The van der Waals surface area contributed by atoms with E-state index in [1.165, 1.54) is 0 Å². The molecule has 4 rings (SSSR count). The van der Waals surface area contributed by atoms with Crippen LogP contribution < -0.4 is 58.6 Å². The van der Waals surface area contributed by atoms with Crippen LogP contribution in [0.3, 0.4) is 0 Å². The largest absolute Gasteiger partial charge is 0.493 e. The van der Waals surface area contributed by atoms with E-state index < -0.39 is 18.1 Å². The molecule has 370 valence electrons. The van der Waals surface area contributed by atoms with Crippen LogP contribution in [0.25, 0.3) is 0 Å². The van der Waals surface area contributed by atoms with Crippen molar-refractivity contribution in [2.45, 2.75) is 158 Å². The van der Waals surface area contributed by atoms with Crippen LogP contribution in [0.4, 0.5) is 0 Å². The maximum atomic E-state index is 8.06. The summed E-state index contributed by atoms with van der Waals surface area (Å²) in [5.41, 5.74) is 0. The zero-order valence-electron chi connectivity index (χ0n) is 42.6. The van der Waals surface area contributed by atoms with Gasteiger partial charge in [-0.2, -0.15) is 0 Å². The van der Waals surface area contributed by atoms with Crippen molar-refractivity contribution in [3.8, 4) is 46.0 Å². The minimum Gasteiger partial charge on any atom is -0.493 e. The summed E-state index contributed by atoms with van der Waals surface area (Å²) >= 11 is 0. The van der Waals surface area contributed by atoms with Gasteiger partial charge in [0.25, 0.3) is 18.1 Å². The molecule has 0 aliphatic heterocycles. The van der Waals surface area contributed by atoms with Gasteiger partial charge in [0.15, 0.2) is 0 Å². The predicted octanol–water partition coefficient (Wildman–Crippen LogP) is 12.0. The molecule has 0 atom stereocenters. The number of benzene rings is 4. The van der Waals surface area contributed by atoms with Crippen molar-refractivity contribution in [3.05, 3.63) is 72.8 Å². The van der Waals surface area contributed by atoms with Crippen LogP contribution in [0.2, 0.25) is 0 Å². The smallest absolute Gasteiger partial charge is 0.280 e. The molecule has 4 aromatic carbocycles. The molecule has 0 saturated heterocycles. The summed E-state index contributed by atoms with van der Waals surface area (Å²) < 4.78 is 60.5.